The lowest BCUT2D eigenvalue weighted by molar-refractivity contribution is 0.167. The Kier molecular flexibility index (Phi) is 4.62. The second-order valence-corrected chi connectivity index (χ2v) is 3.85. The molecule has 1 saturated carbocycles. The molecule has 0 aromatic carbocycles. The molecule has 2 nitrogen and oxygen atoms in total. The van der Waals surface area contributed by atoms with Crippen LogP contribution >= 0.6 is 0 Å². The Balaban J connectivity index is 1.75. The van der Waals surface area contributed by atoms with Crippen molar-refractivity contribution in [2.45, 2.75) is 45.1 Å². The van der Waals surface area contributed by atoms with Crippen molar-refractivity contribution in [3.8, 4) is 0 Å². The fourth-order valence-corrected chi connectivity index (χ4v) is 1.34. The predicted octanol–water partition coefficient (Wildman–Crippen LogP) is 1.54. The summed E-state index contributed by atoms with van der Waals surface area (Å²) in [5.74, 6) is 1.04. The van der Waals surface area contributed by atoms with Crippen molar-refractivity contribution in [2.75, 3.05) is 13.1 Å². The normalized spacial score (nSPS) is 19.5. The Morgan fingerprint density at radius 3 is 2.83 bits per heavy atom. The van der Waals surface area contributed by atoms with Gasteiger partial charge in [-0.2, -0.15) is 0 Å². The molecule has 1 aliphatic carbocycles. The van der Waals surface area contributed by atoms with Crippen LogP contribution in [0.1, 0.15) is 39.0 Å². The molecule has 72 valence electrons. The van der Waals surface area contributed by atoms with Crippen LogP contribution in [-0.2, 0) is 0 Å². The van der Waals surface area contributed by atoms with E-state index in [-0.39, 0.29) is 6.10 Å². The summed E-state index contributed by atoms with van der Waals surface area (Å²) in [6.45, 7) is 3.85. The van der Waals surface area contributed by atoms with Crippen LogP contribution in [0.25, 0.3) is 0 Å². The quantitative estimate of drug-likeness (QED) is 0.569. The molecule has 0 heterocycles. The molecule has 0 radical (unpaired) electrons. The number of rotatable bonds is 7. The Labute approximate surface area is 75.4 Å². The first kappa shape index (κ1) is 10.0. The largest absolute Gasteiger partial charge is 0.392 e. The third kappa shape index (κ3) is 4.73. The molecule has 0 aliphatic heterocycles. The summed E-state index contributed by atoms with van der Waals surface area (Å²) in [6, 6.07) is 0. The first-order valence-electron chi connectivity index (χ1n) is 5.21. The third-order valence-electron chi connectivity index (χ3n) is 2.51. The SMILES string of the molecule is CCC(O)CNCCCC1CC1. The van der Waals surface area contributed by atoms with Crippen LogP contribution in [0.4, 0.5) is 0 Å². The Morgan fingerprint density at radius 2 is 2.25 bits per heavy atom. The lowest BCUT2D eigenvalue weighted by Gasteiger charge is -2.08. The summed E-state index contributed by atoms with van der Waals surface area (Å²) < 4.78 is 0. The molecule has 1 fully saturated rings. The highest BCUT2D eigenvalue weighted by molar-refractivity contribution is 4.73. The summed E-state index contributed by atoms with van der Waals surface area (Å²) in [6.07, 6.45) is 6.28. The molecule has 0 aromatic rings. The van der Waals surface area contributed by atoms with Gasteiger partial charge in [-0.3, -0.25) is 0 Å². The van der Waals surface area contributed by atoms with E-state index in [9.17, 15) is 5.11 Å². The fraction of sp³-hybridized carbons (Fsp3) is 1.00. The summed E-state index contributed by atoms with van der Waals surface area (Å²) in [5.41, 5.74) is 0. The molecular weight excluding hydrogens is 150 g/mol. The van der Waals surface area contributed by atoms with Gasteiger partial charge in [0.15, 0.2) is 0 Å². The molecule has 0 aromatic heterocycles. The van der Waals surface area contributed by atoms with Crippen molar-refractivity contribution in [3.63, 3.8) is 0 Å². The van der Waals surface area contributed by atoms with E-state index >= 15 is 0 Å². The van der Waals surface area contributed by atoms with E-state index in [2.05, 4.69) is 5.32 Å². The van der Waals surface area contributed by atoms with E-state index < -0.39 is 0 Å². The zero-order valence-electron chi connectivity index (χ0n) is 8.05. The summed E-state index contributed by atoms with van der Waals surface area (Å²) in [7, 11) is 0. The van der Waals surface area contributed by atoms with Crippen LogP contribution in [-0.4, -0.2) is 24.3 Å². The molecule has 0 bridgehead atoms. The standard InChI is InChI=1S/C10H21NO/c1-2-10(12)8-11-7-3-4-9-5-6-9/h9-12H,2-8H2,1H3. The molecule has 1 rings (SSSR count). The number of aliphatic hydroxyl groups excluding tert-OH is 1. The molecule has 2 N–H and O–H groups in total. The first-order chi connectivity index (χ1) is 5.83. The van der Waals surface area contributed by atoms with Crippen molar-refractivity contribution >= 4 is 0 Å². The maximum atomic E-state index is 9.22. The topological polar surface area (TPSA) is 32.3 Å². The molecule has 1 atom stereocenters. The maximum Gasteiger partial charge on any atom is 0.0662 e. The molecule has 1 aliphatic rings. The van der Waals surface area contributed by atoms with Crippen molar-refractivity contribution in [2.24, 2.45) is 5.92 Å². The molecule has 0 amide bonds. The first-order valence-corrected chi connectivity index (χ1v) is 5.21. The fourth-order valence-electron chi connectivity index (χ4n) is 1.34. The number of aliphatic hydroxyl groups is 1. The van der Waals surface area contributed by atoms with Crippen LogP contribution in [0.2, 0.25) is 0 Å². The second-order valence-electron chi connectivity index (χ2n) is 3.85. The summed E-state index contributed by atoms with van der Waals surface area (Å²) in [4.78, 5) is 0. The minimum Gasteiger partial charge on any atom is -0.392 e. The Hall–Kier alpha value is -0.0800. The minimum absolute atomic E-state index is 0.147. The van der Waals surface area contributed by atoms with Gasteiger partial charge in [-0.1, -0.05) is 19.8 Å². The smallest absolute Gasteiger partial charge is 0.0662 e. The van der Waals surface area contributed by atoms with E-state index in [1.807, 2.05) is 6.92 Å². The van der Waals surface area contributed by atoms with Gasteiger partial charge in [0, 0.05) is 6.54 Å². The zero-order valence-corrected chi connectivity index (χ0v) is 8.05. The van der Waals surface area contributed by atoms with Crippen molar-refractivity contribution in [3.05, 3.63) is 0 Å². The van der Waals surface area contributed by atoms with E-state index in [1.165, 1.54) is 25.7 Å². The van der Waals surface area contributed by atoms with E-state index in [0.29, 0.717) is 0 Å². The number of nitrogens with one attached hydrogen (secondary N) is 1. The molecule has 0 spiro atoms. The molecule has 1 unspecified atom stereocenters. The van der Waals surface area contributed by atoms with Crippen molar-refractivity contribution < 1.29 is 5.11 Å². The predicted molar refractivity (Wildman–Crippen MR) is 51.1 cm³/mol. The van der Waals surface area contributed by atoms with Crippen LogP contribution in [0.15, 0.2) is 0 Å². The highest BCUT2D eigenvalue weighted by Crippen LogP contribution is 2.33. The maximum absolute atomic E-state index is 9.22. The van der Waals surface area contributed by atoms with E-state index in [0.717, 1.165) is 25.4 Å². The molecule has 0 saturated heterocycles. The van der Waals surface area contributed by atoms with Gasteiger partial charge in [-0.25, -0.2) is 0 Å². The summed E-state index contributed by atoms with van der Waals surface area (Å²) in [5, 5.41) is 12.5. The Morgan fingerprint density at radius 1 is 1.50 bits per heavy atom. The Bertz CT molecular complexity index is 112. The second kappa shape index (κ2) is 5.55. The van der Waals surface area contributed by atoms with Gasteiger partial charge in [0.25, 0.3) is 0 Å². The van der Waals surface area contributed by atoms with Gasteiger partial charge < -0.3 is 10.4 Å². The summed E-state index contributed by atoms with van der Waals surface area (Å²) >= 11 is 0. The average molecular weight is 171 g/mol. The van der Waals surface area contributed by atoms with Gasteiger partial charge in [0.05, 0.1) is 6.10 Å². The van der Waals surface area contributed by atoms with Crippen LogP contribution in [0, 0.1) is 5.92 Å². The third-order valence-corrected chi connectivity index (χ3v) is 2.51. The zero-order chi connectivity index (χ0) is 8.81. The lowest BCUT2D eigenvalue weighted by Crippen LogP contribution is -2.26. The van der Waals surface area contributed by atoms with Crippen LogP contribution in [0.5, 0.6) is 0 Å². The molecule has 12 heavy (non-hydrogen) atoms. The molecule has 2 heteroatoms. The monoisotopic (exact) mass is 171 g/mol. The van der Waals surface area contributed by atoms with Gasteiger partial charge in [-0.05, 0) is 31.7 Å². The van der Waals surface area contributed by atoms with E-state index in [1.54, 1.807) is 0 Å². The lowest BCUT2D eigenvalue weighted by atomic mass is 10.2. The van der Waals surface area contributed by atoms with Crippen LogP contribution in [0.3, 0.4) is 0 Å². The van der Waals surface area contributed by atoms with Gasteiger partial charge in [0.2, 0.25) is 0 Å². The number of hydrogen-bond acceptors (Lipinski definition) is 2. The highest BCUT2D eigenvalue weighted by atomic mass is 16.3. The van der Waals surface area contributed by atoms with Gasteiger partial charge >= 0.3 is 0 Å². The van der Waals surface area contributed by atoms with E-state index in [4.69, 9.17) is 0 Å². The van der Waals surface area contributed by atoms with Gasteiger partial charge in [0.1, 0.15) is 0 Å². The van der Waals surface area contributed by atoms with Crippen molar-refractivity contribution in [1.29, 1.82) is 0 Å². The highest BCUT2D eigenvalue weighted by Gasteiger charge is 2.19. The van der Waals surface area contributed by atoms with Crippen molar-refractivity contribution in [1.82, 2.24) is 5.32 Å². The number of hydrogen-bond donors (Lipinski definition) is 2. The average Bonchev–Trinajstić information content (AvgIpc) is 2.87. The van der Waals surface area contributed by atoms with Crippen LogP contribution < -0.4 is 5.32 Å². The minimum atomic E-state index is -0.147. The molecular formula is C10H21NO. The van der Waals surface area contributed by atoms with Gasteiger partial charge in [-0.15, -0.1) is 0 Å².